The smallest absolute Gasteiger partial charge is 0.179 e. The Bertz CT molecular complexity index is 484. The normalized spacial score (nSPS) is 21.1. The maximum Gasteiger partial charge on any atom is 0.179 e. The number of methoxy groups -OCH3 is 2. The molecule has 2 rings (SSSR count). The number of halogens is 1. The van der Waals surface area contributed by atoms with E-state index in [4.69, 9.17) is 21.1 Å². The Hall–Kier alpha value is -1.01. The van der Waals surface area contributed by atoms with Gasteiger partial charge in [-0.25, -0.2) is 0 Å². The van der Waals surface area contributed by atoms with E-state index in [1.165, 1.54) is 0 Å². The van der Waals surface area contributed by atoms with Crippen LogP contribution in [0.25, 0.3) is 0 Å². The molecule has 0 aromatic heterocycles. The van der Waals surface area contributed by atoms with Crippen molar-refractivity contribution in [2.45, 2.75) is 19.0 Å². The Morgan fingerprint density at radius 3 is 2.76 bits per heavy atom. The van der Waals surface area contributed by atoms with Gasteiger partial charge in [0.25, 0.3) is 0 Å². The zero-order valence-electron chi connectivity index (χ0n) is 12.7. The minimum atomic E-state index is -0.137. The minimum Gasteiger partial charge on any atom is -0.493 e. The summed E-state index contributed by atoms with van der Waals surface area (Å²) in [5.41, 5.74) is 0.867. The average molecular weight is 315 g/mol. The Kier molecular flexibility index (Phi) is 5.70. The molecule has 1 fully saturated rings. The van der Waals surface area contributed by atoms with E-state index in [1.54, 1.807) is 14.2 Å². The lowest BCUT2D eigenvalue weighted by Gasteiger charge is -2.37. The molecule has 0 saturated carbocycles. The molecule has 21 heavy (non-hydrogen) atoms. The second-order valence-electron chi connectivity index (χ2n) is 5.25. The predicted molar refractivity (Wildman–Crippen MR) is 83.4 cm³/mol. The highest BCUT2D eigenvalue weighted by Crippen LogP contribution is 2.40. The van der Waals surface area contributed by atoms with Crippen molar-refractivity contribution in [3.8, 4) is 11.5 Å². The number of benzene rings is 1. The summed E-state index contributed by atoms with van der Waals surface area (Å²) in [5.74, 6) is 1.11. The molecule has 0 radical (unpaired) electrons. The number of ether oxygens (including phenoxy) is 2. The molecule has 1 aliphatic rings. The largest absolute Gasteiger partial charge is 0.493 e. The maximum absolute atomic E-state index is 9.84. The number of hydrogen-bond acceptors (Lipinski definition) is 5. The van der Waals surface area contributed by atoms with E-state index >= 15 is 0 Å². The molecule has 0 amide bonds. The molecule has 1 aromatic rings. The first-order valence-corrected chi connectivity index (χ1v) is 7.48. The third-order valence-corrected chi connectivity index (χ3v) is 4.28. The van der Waals surface area contributed by atoms with Crippen molar-refractivity contribution in [1.82, 2.24) is 10.2 Å². The fraction of sp³-hybridized carbons (Fsp3) is 0.600. The first-order chi connectivity index (χ1) is 10.1. The van der Waals surface area contributed by atoms with Crippen LogP contribution in [0, 0.1) is 0 Å². The molecule has 0 aliphatic carbocycles. The van der Waals surface area contributed by atoms with Gasteiger partial charge in [-0.05, 0) is 18.6 Å². The average Bonchev–Trinajstić information content (AvgIpc) is 2.49. The Morgan fingerprint density at radius 1 is 1.43 bits per heavy atom. The molecule has 0 spiro atoms. The van der Waals surface area contributed by atoms with Crippen LogP contribution in [-0.4, -0.2) is 56.5 Å². The summed E-state index contributed by atoms with van der Waals surface area (Å²) in [6.45, 7) is 4.80. The van der Waals surface area contributed by atoms with Crippen LogP contribution in [0.1, 0.15) is 18.5 Å². The van der Waals surface area contributed by atoms with Gasteiger partial charge in [0.1, 0.15) is 0 Å². The van der Waals surface area contributed by atoms with Gasteiger partial charge < -0.3 is 19.9 Å². The number of rotatable bonds is 5. The first kappa shape index (κ1) is 16.4. The molecule has 2 atom stereocenters. The highest BCUT2D eigenvalue weighted by Gasteiger charge is 2.27. The standard InChI is InChI=1S/C15H23ClN2O3/c1-10-8-18(7-6-17-10)12(9-19)11-4-5-13(20-2)15(21-3)14(11)16/h4-5,10,12,17,19H,6-9H2,1-3H3. The highest BCUT2D eigenvalue weighted by molar-refractivity contribution is 6.33. The van der Waals surface area contributed by atoms with Gasteiger partial charge in [-0.15, -0.1) is 0 Å². The molecule has 1 saturated heterocycles. The highest BCUT2D eigenvalue weighted by atomic mass is 35.5. The topological polar surface area (TPSA) is 54.0 Å². The summed E-state index contributed by atoms with van der Waals surface area (Å²) in [7, 11) is 3.14. The second kappa shape index (κ2) is 7.31. The van der Waals surface area contributed by atoms with Crippen LogP contribution in [0.3, 0.4) is 0 Å². The van der Waals surface area contributed by atoms with Crippen molar-refractivity contribution < 1.29 is 14.6 Å². The van der Waals surface area contributed by atoms with Crippen LogP contribution in [0.15, 0.2) is 12.1 Å². The number of hydrogen-bond donors (Lipinski definition) is 2. The van der Waals surface area contributed by atoms with Crippen LogP contribution in [0.4, 0.5) is 0 Å². The van der Waals surface area contributed by atoms with Crippen molar-refractivity contribution in [1.29, 1.82) is 0 Å². The molecule has 1 aliphatic heterocycles. The fourth-order valence-corrected chi connectivity index (χ4v) is 3.18. The molecule has 0 bridgehead atoms. The summed E-state index contributed by atoms with van der Waals surface area (Å²) in [6, 6.07) is 3.99. The van der Waals surface area contributed by atoms with Gasteiger partial charge in [0, 0.05) is 25.7 Å². The van der Waals surface area contributed by atoms with Crippen molar-refractivity contribution in [2.75, 3.05) is 40.5 Å². The van der Waals surface area contributed by atoms with Gasteiger partial charge in [-0.2, -0.15) is 0 Å². The number of piperazine rings is 1. The zero-order chi connectivity index (χ0) is 15.4. The molecule has 6 heteroatoms. The predicted octanol–water partition coefficient (Wildman–Crippen LogP) is 1.68. The quantitative estimate of drug-likeness (QED) is 0.866. The molecule has 1 aromatic carbocycles. The van der Waals surface area contributed by atoms with E-state index in [0.717, 1.165) is 25.2 Å². The third-order valence-electron chi connectivity index (χ3n) is 3.89. The lowest BCUT2D eigenvalue weighted by atomic mass is 10.0. The summed E-state index contributed by atoms with van der Waals surface area (Å²) in [6.07, 6.45) is 0. The number of aliphatic hydroxyl groups is 1. The van der Waals surface area contributed by atoms with Gasteiger partial charge in [-0.1, -0.05) is 17.7 Å². The summed E-state index contributed by atoms with van der Waals surface area (Å²) in [4.78, 5) is 2.24. The molecule has 5 nitrogen and oxygen atoms in total. The van der Waals surface area contributed by atoms with Crippen LogP contribution in [0.2, 0.25) is 5.02 Å². The van der Waals surface area contributed by atoms with Crippen LogP contribution < -0.4 is 14.8 Å². The molecular weight excluding hydrogens is 292 g/mol. The van der Waals surface area contributed by atoms with Gasteiger partial charge in [0.05, 0.1) is 31.9 Å². The monoisotopic (exact) mass is 314 g/mol. The van der Waals surface area contributed by atoms with Crippen LogP contribution >= 0.6 is 11.6 Å². The zero-order valence-corrected chi connectivity index (χ0v) is 13.5. The van der Waals surface area contributed by atoms with E-state index in [9.17, 15) is 5.11 Å². The lowest BCUT2D eigenvalue weighted by molar-refractivity contribution is 0.0961. The Morgan fingerprint density at radius 2 is 2.19 bits per heavy atom. The van der Waals surface area contributed by atoms with Crippen molar-refractivity contribution >= 4 is 11.6 Å². The first-order valence-electron chi connectivity index (χ1n) is 7.11. The number of nitrogens with zero attached hydrogens (tertiary/aromatic N) is 1. The fourth-order valence-electron chi connectivity index (χ4n) is 2.82. The third kappa shape index (κ3) is 3.43. The van der Waals surface area contributed by atoms with Crippen LogP contribution in [0.5, 0.6) is 11.5 Å². The maximum atomic E-state index is 9.84. The molecule has 1 heterocycles. The molecule has 118 valence electrons. The van der Waals surface area contributed by atoms with E-state index < -0.39 is 0 Å². The lowest BCUT2D eigenvalue weighted by Crippen LogP contribution is -2.51. The van der Waals surface area contributed by atoms with E-state index in [-0.39, 0.29) is 12.6 Å². The van der Waals surface area contributed by atoms with Gasteiger partial charge >= 0.3 is 0 Å². The summed E-state index contributed by atoms with van der Waals surface area (Å²) >= 11 is 6.46. The van der Waals surface area contributed by atoms with E-state index in [2.05, 4.69) is 17.1 Å². The second-order valence-corrected chi connectivity index (χ2v) is 5.63. The SMILES string of the molecule is COc1ccc(C(CO)N2CCNC(C)C2)c(Cl)c1OC. The van der Waals surface area contributed by atoms with Crippen LogP contribution in [-0.2, 0) is 0 Å². The number of aliphatic hydroxyl groups excluding tert-OH is 1. The Labute approximate surface area is 130 Å². The van der Waals surface area contributed by atoms with Crippen molar-refractivity contribution in [3.05, 3.63) is 22.7 Å². The summed E-state index contributed by atoms with van der Waals surface area (Å²) < 4.78 is 10.6. The molecule has 2 N–H and O–H groups in total. The van der Waals surface area contributed by atoms with E-state index in [0.29, 0.717) is 22.6 Å². The van der Waals surface area contributed by atoms with Crippen molar-refractivity contribution in [2.24, 2.45) is 0 Å². The number of nitrogens with one attached hydrogen (secondary N) is 1. The van der Waals surface area contributed by atoms with E-state index in [1.807, 2.05) is 12.1 Å². The Balaban J connectivity index is 2.33. The van der Waals surface area contributed by atoms with Crippen molar-refractivity contribution in [3.63, 3.8) is 0 Å². The van der Waals surface area contributed by atoms with Gasteiger partial charge in [-0.3, -0.25) is 4.90 Å². The van der Waals surface area contributed by atoms with Gasteiger partial charge in [0.15, 0.2) is 11.5 Å². The minimum absolute atomic E-state index is 0.0158. The van der Waals surface area contributed by atoms with Gasteiger partial charge in [0.2, 0.25) is 0 Å². The summed E-state index contributed by atoms with van der Waals surface area (Å²) in [5, 5.41) is 13.7. The molecule has 2 unspecified atom stereocenters. The molecular formula is C15H23ClN2O3.